The van der Waals surface area contributed by atoms with Crippen molar-refractivity contribution in [3.05, 3.63) is 18.0 Å². The molecule has 1 amide bonds. The van der Waals surface area contributed by atoms with E-state index in [0.29, 0.717) is 11.4 Å². The van der Waals surface area contributed by atoms with E-state index in [1.807, 2.05) is 18.8 Å². The number of hydrogen-bond acceptors (Lipinski definition) is 3. The highest BCUT2D eigenvalue weighted by atomic mass is 32.2. The van der Waals surface area contributed by atoms with Crippen molar-refractivity contribution in [2.75, 3.05) is 24.3 Å². The molecule has 1 aromatic rings. The first-order chi connectivity index (χ1) is 7.65. The summed E-state index contributed by atoms with van der Waals surface area (Å²) in [5.41, 5.74) is 6.84. The van der Waals surface area contributed by atoms with Gasteiger partial charge in [-0.2, -0.15) is 11.8 Å². The van der Waals surface area contributed by atoms with E-state index in [9.17, 15) is 4.79 Å². The summed E-state index contributed by atoms with van der Waals surface area (Å²) >= 11 is 1.83. The number of hydrogen-bond donors (Lipinski definition) is 2. The van der Waals surface area contributed by atoms with Crippen LogP contribution in [0.1, 0.15) is 23.3 Å². The van der Waals surface area contributed by atoms with E-state index in [0.717, 1.165) is 25.1 Å². The molecule has 0 saturated carbocycles. The van der Waals surface area contributed by atoms with Crippen LogP contribution in [0.15, 0.2) is 12.3 Å². The normalized spacial score (nSPS) is 10.4. The van der Waals surface area contributed by atoms with Crippen molar-refractivity contribution in [2.45, 2.75) is 12.8 Å². The Hall–Kier alpha value is -1.10. The largest absolute Gasteiger partial charge is 0.397 e. The summed E-state index contributed by atoms with van der Waals surface area (Å²) in [6.07, 6.45) is 5.98. The first-order valence-electron chi connectivity index (χ1n) is 5.34. The molecule has 0 bridgehead atoms. The van der Waals surface area contributed by atoms with Crippen LogP contribution in [0.5, 0.6) is 0 Å². The number of thioether (sulfide) groups is 1. The van der Waals surface area contributed by atoms with Gasteiger partial charge >= 0.3 is 0 Å². The minimum Gasteiger partial charge on any atom is -0.397 e. The zero-order valence-electron chi connectivity index (χ0n) is 9.82. The van der Waals surface area contributed by atoms with Gasteiger partial charge in [-0.15, -0.1) is 0 Å². The van der Waals surface area contributed by atoms with Gasteiger partial charge in [-0.1, -0.05) is 0 Å². The second kappa shape index (κ2) is 6.48. The van der Waals surface area contributed by atoms with Crippen molar-refractivity contribution in [3.63, 3.8) is 0 Å². The third kappa shape index (κ3) is 3.81. The number of nitrogen functional groups attached to an aromatic ring is 1. The lowest BCUT2D eigenvalue weighted by atomic mass is 10.3. The Morgan fingerprint density at radius 3 is 2.88 bits per heavy atom. The Morgan fingerprint density at radius 1 is 1.56 bits per heavy atom. The molecule has 4 nitrogen and oxygen atoms in total. The van der Waals surface area contributed by atoms with Crippen LogP contribution < -0.4 is 11.1 Å². The second-order valence-electron chi connectivity index (χ2n) is 3.73. The number of rotatable bonds is 6. The molecule has 0 aliphatic heterocycles. The maximum absolute atomic E-state index is 11.7. The quantitative estimate of drug-likeness (QED) is 0.742. The zero-order chi connectivity index (χ0) is 12.0. The van der Waals surface area contributed by atoms with Crippen LogP contribution in [-0.4, -0.2) is 29.0 Å². The molecule has 0 aliphatic carbocycles. The van der Waals surface area contributed by atoms with Gasteiger partial charge in [0.15, 0.2) is 0 Å². The molecule has 0 aliphatic rings. The summed E-state index contributed by atoms with van der Waals surface area (Å²) in [6.45, 7) is 0.727. The number of nitrogens with two attached hydrogens (primary N) is 1. The van der Waals surface area contributed by atoms with E-state index in [-0.39, 0.29) is 5.91 Å². The van der Waals surface area contributed by atoms with E-state index in [2.05, 4.69) is 11.6 Å². The van der Waals surface area contributed by atoms with Crippen molar-refractivity contribution in [2.24, 2.45) is 7.05 Å². The molecule has 3 N–H and O–H groups in total. The highest BCUT2D eigenvalue weighted by Crippen LogP contribution is 2.08. The van der Waals surface area contributed by atoms with E-state index in [1.165, 1.54) is 0 Å². The van der Waals surface area contributed by atoms with Gasteiger partial charge < -0.3 is 15.6 Å². The number of carbonyl (C=O) groups is 1. The van der Waals surface area contributed by atoms with Crippen molar-refractivity contribution >= 4 is 23.4 Å². The van der Waals surface area contributed by atoms with Crippen LogP contribution in [0.3, 0.4) is 0 Å². The maximum Gasteiger partial charge on any atom is 0.267 e. The lowest BCUT2D eigenvalue weighted by Gasteiger charge is -2.05. The standard InChI is InChI=1S/C11H19N3OS/c1-14-8-9(12)7-10(14)11(15)13-5-3-4-6-16-2/h7-8H,3-6,12H2,1-2H3,(H,13,15). The predicted molar refractivity (Wildman–Crippen MR) is 69.8 cm³/mol. The van der Waals surface area contributed by atoms with E-state index in [1.54, 1.807) is 16.8 Å². The molecule has 0 atom stereocenters. The van der Waals surface area contributed by atoms with E-state index < -0.39 is 0 Å². The van der Waals surface area contributed by atoms with Crippen LogP contribution in [0, 0.1) is 0 Å². The Bertz CT molecular complexity index is 349. The summed E-state index contributed by atoms with van der Waals surface area (Å²) in [7, 11) is 1.82. The number of nitrogens with zero attached hydrogens (tertiary/aromatic N) is 1. The molecule has 0 aromatic carbocycles. The van der Waals surface area contributed by atoms with Crippen molar-refractivity contribution in [3.8, 4) is 0 Å². The van der Waals surface area contributed by atoms with E-state index >= 15 is 0 Å². The number of carbonyl (C=O) groups excluding carboxylic acids is 1. The fourth-order valence-corrected chi connectivity index (χ4v) is 1.97. The first kappa shape index (κ1) is 13.0. The lowest BCUT2D eigenvalue weighted by molar-refractivity contribution is 0.0945. The molecule has 1 heterocycles. The summed E-state index contributed by atoms with van der Waals surface area (Å²) in [4.78, 5) is 11.7. The molecule has 0 saturated heterocycles. The number of aromatic nitrogens is 1. The summed E-state index contributed by atoms with van der Waals surface area (Å²) in [5, 5.41) is 2.89. The fourth-order valence-electron chi connectivity index (χ4n) is 1.48. The number of aryl methyl sites for hydroxylation is 1. The topological polar surface area (TPSA) is 60.1 Å². The van der Waals surface area contributed by atoms with Gasteiger partial charge in [-0.05, 0) is 30.9 Å². The highest BCUT2D eigenvalue weighted by molar-refractivity contribution is 7.98. The zero-order valence-corrected chi connectivity index (χ0v) is 10.6. The maximum atomic E-state index is 11.7. The summed E-state index contributed by atoms with van der Waals surface area (Å²) < 4.78 is 1.74. The van der Waals surface area contributed by atoms with Gasteiger partial charge in [0, 0.05) is 19.8 Å². The molecule has 90 valence electrons. The Morgan fingerprint density at radius 2 is 2.31 bits per heavy atom. The van der Waals surface area contributed by atoms with Crippen LogP contribution in [0.4, 0.5) is 5.69 Å². The predicted octanol–water partition coefficient (Wildman–Crippen LogP) is 1.48. The summed E-state index contributed by atoms with van der Waals surface area (Å²) in [5.74, 6) is 1.09. The first-order valence-corrected chi connectivity index (χ1v) is 6.73. The Balaban J connectivity index is 2.33. The monoisotopic (exact) mass is 241 g/mol. The van der Waals surface area contributed by atoms with Gasteiger partial charge in [0.2, 0.25) is 0 Å². The lowest BCUT2D eigenvalue weighted by Crippen LogP contribution is -2.26. The molecule has 0 fully saturated rings. The van der Waals surface area contributed by atoms with Gasteiger partial charge in [-0.25, -0.2) is 0 Å². The molecule has 0 radical (unpaired) electrons. The number of anilines is 1. The third-order valence-electron chi connectivity index (χ3n) is 2.32. The fraction of sp³-hybridized carbons (Fsp3) is 0.545. The molecule has 16 heavy (non-hydrogen) atoms. The van der Waals surface area contributed by atoms with Crippen molar-refractivity contribution in [1.82, 2.24) is 9.88 Å². The summed E-state index contributed by atoms with van der Waals surface area (Å²) in [6, 6.07) is 1.69. The van der Waals surface area contributed by atoms with E-state index in [4.69, 9.17) is 5.73 Å². The molecule has 1 rings (SSSR count). The third-order valence-corrected chi connectivity index (χ3v) is 3.02. The number of nitrogens with one attached hydrogen (secondary N) is 1. The minimum absolute atomic E-state index is 0.0525. The van der Waals surface area contributed by atoms with Crippen LogP contribution >= 0.6 is 11.8 Å². The number of amides is 1. The minimum atomic E-state index is -0.0525. The molecule has 1 aromatic heterocycles. The molecule has 0 unspecified atom stereocenters. The van der Waals surface area contributed by atoms with Gasteiger partial charge in [-0.3, -0.25) is 4.79 Å². The molecular formula is C11H19N3OS. The molecule has 5 heteroatoms. The molecule has 0 spiro atoms. The van der Waals surface area contributed by atoms with Gasteiger partial charge in [0.25, 0.3) is 5.91 Å². The molecular weight excluding hydrogens is 222 g/mol. The average molecular weight is 241 g/mol. The smallest absolute Gasteiger partial charge is 0.267 e. The number of unbranched alkanes of at least 4 members (excludes halogenated alkanes) is 1. The highest BCUT2D eigenvalue weighted by Gasteiger charge is 2.09. The Labute approximate surface area is 101 Å². The van der Waals surface area contributed by atoms with Crippen LogP contribution in [-0.2, 0) is 7.05 Å². The van der Waals surface area contributed by atoms with Crippen molar-refractivity contribution < 1.29 is 4.79 Å². The SMILES string of the molecule is CSCCCCNC(=O)c1cc(N)cn1C. The average Bonchev–Trinajstić information content (AvgIpc) is 2.57. The van der Waals surface area contributed by atoms with Crippen LogP contribution in [0.2, 0.25) is 0 Å². The Kier molecular flexibility index (Phi) is 5.25. The van der Waals surface area contributed by atoms with Crippen LogP contribution in [0.25, 0.3) is 0 Å². The van der Waals surface area contributed by atoms with Crippen molar-refractivity contribution in [1.29, 1.82) is 0 Å². The second-order valence-corrected chi connectivity index (χ2v) is 4.71. The van der Waals surface area contributed by atoms with Gasteiger partial charge in [0.05, 0.1) is 5.69 Å². The van der Waals surface area contributed by atoms with Gasteiger partial charge in [0.1, 0.15) is 5.69 Å².